The van der Waals surface area contributed by atoms with Gasteiger partial charge >= 0.3 is 0 Å². The number of hydrogen-bond donors (Lipinski definition) is 1. The van der Waals surface area contributed by atoms with Crippen molar-refractivity contribution < 1.29 is 4.79 Å². The summed E-state index contributed by atoms with van der Waals surface area (Å²) >= 11 is 1.44. The number of amides is 1. The van der Waals surface area contributed by atoms with Gasteiger partial charge in [-0.15, -0.1) is 10.2 Å². The van der Waals surface area contributed by atoms with Crippen molar-refractivity contribution in [2.24, 2.45) is 0 Å². The number of benzene rings is 2. The maximum Gasteiger partial charge on any atom is 0.233 e. The number of carbonyl (C=O) groups is 1. The quantitative estimate of drug-likeness (QED) is 0.660. The summed E-state index contributed by atoms with van der Waals surface area (Å²) in [6.45, 7) is 3.98. The summed E-state index contributed by atoms with van der Waals surface area (Å²) in [5, 5.41) is 12.0. The van der Waals surface area contributed by atoms with Gasteiger partial charge in [-0.3, -0.25) is 9.36 Å². The Morgan fingerprint density at radius 1 is 1.21 bits per heavy atom. The normalized spacial score (nSPS) is 17.0. The number of aryl methyl sites for hydroxylation is 2. The maximum atomic E-state index is 12.9. The van der Waals surface area contributed by atoms with Gasteiger partial charge in [0.25, 0.3) is 0 Å². The Morgan fingerprint density at radius 2 is 2.00 bits per heavy atom. The summed E-state index contributed by atoms with van der Waals surface area (Å²) in [7, 11) is 0. The molecule has 0 fully saturated rings. The first-order chi connectivity index (χ1) is 13.6. The summed E-state index contributed by atoms with van der Waals surface area (Å²) in [5.74, 6) is 0.0334. The van der Waals surface area contributed by atoms with Gasteiger partial charge in [0, 0.05) is 0 Å². The molecule has 1 amide bonds. The lowest BCUT2D eigenvalue weighted by Crippen LogP contribution is -2.36. The largest absolute Gasteiger partial charge is 0.348 e. The Bertz CT molecular complexity index is 984. The second kappa shape index (κ2) is 8.19. The lowest BCUT2D eigenvalue weighted by molar-refractivity contribution is -0.121. The van der Waals surface area contributed by atoms with E-state index in [4.69, 9.17) is 0 Å². The molecule has 144 valence electrons. The fourth-order valence-corrected chi connectivity index (χ4v) is 4.55. The fraction of sp³-hybridized carbons (Fsp3) is 0.318. The molecule has 0 saturated carbocycles. The van der Waals surface area contributed by atoms with Crippen molar-refractivity contribution in [2.45, 2.75) is 49.6 Å². The summed E-state index contributed by atoms with van der Waals surface area (Å²) in [5.41, 5.74) is 4.77. The molecule has 0 saturated heterocycles. The predicted octanol–water partition coefficient (Wildman–Crippen LogP) is 4.25. The van der Waals surface area contributed by atoms with Gasteiger partial charge in [-0.25, -0.2) is 0 Å². The van der Waals surface area contributed by atoms with Crippen LogP contribution in [0.1, 0.15) is 42.5 Å². The molecule has 0 radical (unpaired) electrons. The molecular weight excluding hydrogens is 368 g/mol. The number of aromatic nitrogens is 3. The van der Waals surface area contributed by atoms with E-state index in [-0.39, 0.29) is 17.2 Å². The van der Waals surface area contributed by atoms with Gasteiger partial charge in [-0.2, -0.15) is 0 Å². The monoisotopic (exact) mass is 392 g/mol. The number of rotatable bonds is 5. The zero-order valence-electron chi connectivity index (χ0n) is 16.1. The molecule has 6 heteroatoms. The van der Waals surface area contributed by atoms with Crippen molar-refractivity contribution in [1.82, 2.24) is 20.1 Å². The standard InChI is InChI=1S/C22H24N4OS/c1-15-8-3-6-13-20(15)26-14-23-25-22(26)28-16(2)21(27)24-19-12-7-10-17-9-4-5-11-18(17)19/h3-6,8-9,11,13-14,16,19H,7,10,12H2,1-2H3,(H,24,27)/t16-,19-/m1/s1. The molecule has 1 aliphatic rings. The fourth-order valence-electron chi connectivity index (χ4n) is 3.71. The van der Waals surface area contributed by atoms with Crippen LogP contribution < -0.4 is 5.32 Å². The Labute approximate surface area is 169 Å². The van der Waals surface area contributed by atoms with Crippen LogP contribution in [0.3, 0.4) is 0 Å². The first kappa shape index (κ1) is 18.7. The molecule has 0 spiro atoms. The zero-order chi connectivity index (χ0) is 19.5. The van der Waals surface area contributed by atoms with Crippen LogP contribution in [0.25, 0.3) is 5.69 Å². The molecule has 2 aromatic carbocycles. The van der Waals surface area contributed by atoms with E-state index in [9.17, 15) is 4.79 Å². The molecule has 0 aliphatic heterocycles. The van der Waals surface area contributed by atoms with Gasteiger partial charge in [0.15, 0.2) is 5.16 Å². The van der Waals surface area contributed by atoms with E-state index in [1.165, 1.54) is 22.9 Å². The molecule has 3 aromatic rings. The van der Waals surface area contributed by atoms with Crippen molar-refractivity contribution in [2.75, 3.05) is 0 Å². The topological polar surface area (TPSA) is 59.8 Å². The Morgan fingerprint density at radius 3 is 2.86 bits per heavy atom. The third-order valence-corrected chi connectivity index (χ3v) is 6.29. The second-order valence-electron chi connectivity index (χ2n) is 7.18. The predicted molar refractivity (Wildman–Crippen MR) is 112 cm³/mol. The Balaban J connectivity index is 1.47. The summed E-state index contributed by atoms with van der Waals surface area (Å²) < 4.78 is 1.94. The van der Waals surface area contributed by atoms with E-state index in [1.54, 1.807) is 6.33 Å². The van der Waals surface area contributed by atoms with Gasteiger partial charge in [0.2, 0.25) is 5.91 Å². The van der Waals surface area contributed by atoms with Gasteiger partial charge < -0.3 is 5.32 Å². The Kier molecular flexibility index (Phi) is 5.48. The molecule has 0 unspecified atom stereocenters. The van der Waals surface area contributed by atoms with Crippen LogP contribution in [0.4, 0.5) is 0 Å². The van der Waals surface area contributed by atoms with Crippen molar-refractivity contribution in [3.05, 3.63) is 71.5 Å². The molecule has 0 bridgehead atoms. The van der Waals surface area contributed by atoms with E-state index in [2.05, 4.69) is 46.7 Å². The average Bonchev–Trinajstić information content (AvgIpc) is 3.16. The number of carbonyl (C=O) groups excluding carboxylic acids is 1. The third kappa shape index (κ3) is 3.83. The molecule has 1 aliphatic carbocycles. The molecule has 2 atom stereocenters. The van der Waals surface area contributed by atoms with Crippen LogP contribution in [-0.4, -0.2) is 25.9 Å². The molecule has 4 rings (SSSR count). The lowest BCUT2D eigenvalue weighted by atomic mass is 9.88. The minimum Gasteiger partial charge on any atom is -0.348 e. The minimum absolute atomic E-state index is 0.0334. The van der Waals surface area contributed by atoms with Gasteiger partial charge in [-0.1, -0.05) is 54.2 Å². The van der Waals surface area contributed by atoms with Crippen LogP contribution in [0.2, 0.25) is 0 Å². The molecule has 1 N–H and O–H groups in total. The highest BCUT2D eigenvalue weighted by atomic mass is 32.2. The second-order valence-corrected chi connectivity index (χ2v) is 8.49. The van der Waals surface area contributed by atoms with Crippen LogP contribution >= 0.6 is 11.8 Å². The Hall–Kier alpha value is -2.60. The van der Waals surface area contributed by atoms with Crippen molar-refractivity contribution in [3.63, 3.8) is 0 Å². The highest BCUT2D eigenvalue weighted by Gasteiger charge is 2.25. The third-order valence-electron chi connectivity index (χ3n) is 5.23. The van der Waals surface area contributed by atoms with Crippen molar-refractivity contribution in [3.8, 4) is 5.69 Å². The van der Waals surface area contributed by atoms with Gasteiger partial charge in [-0.05, 0) is 55.9 Å². The van der Waals surface area contributed by atoms with E-state index in [0.29, 0.717) is 0 Å². The number of nitrogens with one attached hydrogen (secondary N) is 1. The van der Waals surface area contributed by atoms with Crippen LogP contribution in [0.5, 0.6) is 0 Å². The number of fused-ring (bicyclic) bond motifs is 1. The number of hydrogen-bond acceptors (Lipinski definition) is 4. The van der Waals surface area contributed by atoms with Crippen molar-refractivity contribution in [1.29, 1.82) is 0 Å². The highest BCUT2D eigenvalue weighted by molar-refractivity contribution is 8.00. The summed E-state index contributed by atoms with van der Waals surface area (Å²) in [6, 6.07) is 16.6. The molecule has 5 nitrogen and oxygen atoms in total. The van der Waals surface area contributed by atoms with E-state index < -0.39 is 0 Å². The van der Waals surface area contributed by atoms with Gasteiger partial charge in [0.1, 0.15) is 6.33 Å². The van der Waals surface area contributed by atoms with Crippen LogP contribution in [-0.2, 0) is 11.2 Å². The molecule has 28 heavy (non-hydrogen) atoms. The van der Waals surface area contributed by atoms with E-state index >= 15 is 0 Å². The first-order valence-electron chi connectivity index (χ1n) is 9.64. The van der Waals surface area contributed by atoms with Crippen LogP contribution in [0, 0.1) is 6.92 Å². The number of para-hydroxylation sites is 1. The summed E-state index contributed by atoms with van der Waals surface area (Å²) in [6.07, 6.45) is 4.88. The lowest BCUT2D eigenvalue weighted by Gasteiger charge is -2.27. The molecular formula is C22H24N4OS. The molecule has 1 aromatic heterocycles. The van der Waals surface area contributed by atoms with Crippen LogP contribution in [0.15, 0.2) is 60.0 Å². The molecule has 1 heterocycles. The minimum atomic E-state index is -0.263. The highest BCUT2D eigenvalue weighted by Crippen LogP contribution is 2.31. The summed E-state index contributed by atoms with van der Waals surface area (Å²) in [4.78, 5) is 12.9. The SMILES string of the molecule is Cc1ccccc1-n1cnnc1S[C@H](C)C(=O)N[C@@H]1CCCc2ccccc21. The number of thioether (sulfide) groups is 1. The number of nitrogens with zero attached hydrogens (tertiary/aromatic N) is 3. The average molecular weight is 393 g/mol. The van der Waals surface area contributed by atoms with Crippen molar-refractivity contribution >= 4 is 17.7 Å². The first-order valence-corrected chi connectivity index (χ1v) is 10.5. The zero-order valence-corrected chi connectivity index (χ0v) is 16.9. The van der Waals surface area contributed by atoms with E-state index in [1.807, 2.05) is 35.8 Å². The van der Waals surface area contributed by atoms with Gasteiger partial charge in [0.05, 0.1) is 17.0 Å². The van der Waals surface area contributed by atoms with E-state index in [0.717, 1.165) is 35.7 Å². The smallest absolute Gasteiger partial charge is 0.233 e. The maximum absolute atomic E-state index is 12.9.